The first-order chi connectivity index (χ1) is 20.4. The van der Waals surface area contributed by atoms with Crippen LogP contribution in [-0.2, 0) is 32.0 Å². The van der Waals surface area contributed by atoms with Crippen molar-refractivity contribution in [2.24, 2.45) is 10.8 Å². The van der Waals surface area contributed by atoms with Crippen LogP contribution in [0.2, 0.25) is 0 Å². The molecule has 0 radical (unpaired) electrons. The Morgan fingerprint density at radius 3 is 2.07 bits per heavy atom. The lowest BCUT2D eigenvalue weighted by Gasteiger charge is -2.56. The molecule has 1 heterocycles. The minimum absolute atomic E-state index is 0.0298. The van der Waals surface area contributed by atoms with Crippen LogP contribution in [0.4, 0.5) is 4.79 Å². The van der Waals surface area contributed by atoms with E-state index in [0.29, 0.717) is 32.2 Å². The average molecular weight is 594 g/mol. The molecule has 0 aromatic heterocycles. The van der Waals surface area contributed by atoms with Gasteiger partial charge in [0.1, 0.15) is 12.1 Å². The van der Waals surface area contributed by atoms with Crippen molar-refractivity contribution < 1.29 is 24.0 Å². The van der Waals surface area contributed by atoms with E-state index in [1.54, 1.807) is 4.90 Å². The number of urea groups is 1. The van der Waals surface area contributed by atoms with Crippen molar-refractivity contribution in [2.45, 2.75) is 122 Å². The molecule has 10 heteroatoms. The molecule has 5 amide bonds. The summed E-state index contributed by atoms with van der Waals surface area (Å²) in [5.41, 5.74) is 1.17. The van der Waals surface area contributed by atoms with E-state index in [2.05, 4.69) is 33.4 Å². The molecule has 2 unspecified atom stereocenters. The molecule has 1 aliphatic heterocycles. The van der Waals surface area contributed by atoms with E-state index in [1.165, 1.54) is 0 Å². The van der Waals surface area contributed by atoms with E-state index in [4.69, 9.17) is 0 Å². The number of carbonyl (C=O) groups excluding carboxylic acids is 5. The standard InChI is InChI=1S/C33H47N5O5/c1-5-10-24(25(39)28(40)34-23-15-16-23)36-29(41)27-33(17-20-11-6-7-12-21(20)18-33)19-38(27)30(42)26(32(2,3)4)37-31(43)35-22-13-8-9-14-22/h6-7,11-12,22-24,26-27H,5,8-10,13-19H2,1-4H3,(H,34,40)(H,36,41)(H2,35,37,43)/t24?,26-,27?/m1/s1. The van der Waals surface area contributed by atoms with Gasteiger partial charge in [0, 0.05) is 24.0 Å². The van der Waals surface area contributed by atoms with Crippen LogP contribution in [-0.4, -0.2) is 71.2 Å². The normalized spacial score (nSPS) is 22.2. The SMILES string of the molecule is CCCC(NC(=O)C1N(C(=O)[C@@H](NC(=O)NC2CCCC2)C(C)(C)C)CC12Cc1ccccc1C2)C(=O)C(=O)NC1CC1. The fourth-order valence-electron chi connectivity index (χ4n) is 7.08. The molecule has 1 aromatic rings. The number of nitrogens with zero attached hydrogens (tertiary/aromatic N) is 1. The quantitative estimate of drug-likeness (QED) is 0.309. The number of hydrogen-bond donors (Lipinski definition) is 4. The molecule has 0 bridgehead atoms. The zero-order chi connectivity index (χ0) is 30.9. The third kappa shape index (κ3) is 6.73. The Balaban J connectivity index is 1.37. The highest BCUT2D eigenvalue weighted by molar-refractivity contribution is 6.38. The zero-order valence-electron chi connectivity index (χ0n) is 26.0. The maximum Gasteiger partial charge on any atom is 0.315 e. The van der Waals surface area contributed by atoms with E-state index < -0.39 is 46.6 Å². The Morgan fingerprint density at radius 2 is 1.51 bits per heavy atom. The van der Waals surface area contributed by atoms with E-state index >= 15 is 0 Å². The van der Waals surface area contributed by atoms with Crippen LogP contribution < -0.4 is 21.3 Å². The summed E-state index contributed by atoms with van der Waals surface area (Å²) in [6.07, 6.45) is 7.90. The van der Waals surface area contributed by atoms with Gasteiger partial charge < -0.3 is 26.2 Å². The van der Waals surface area contributed by atoms with Crippen molar-refractivity contribution in [1.82, 2.24) is 26.2 Å². The second-order valence-electron chi connectivity index (χ2n) is 14.2. The summed E-state index contributed by atoms with van der Waals surface area (Å²) >= 11 is 0. The highest BCUT2D eigenvalue weighted by Gasteiger charge is 2.61. The van der Waals surface area contributed by atoms with Crippen molar-refractivity contribution in [3.8, 4) is 0 Å². The fourth-order valence-corrected chi connectivity index (χ4v) is 7.08. The Bertz CT molecular complexity index is 1240. The largest absolute Gasteiger partial charge is 0.347 e. The lowest BCUT2D eigenvalue weighted by atomic mass is 9.67. The summed E-state index contributed by atoms with van der Waals surface area (Å²) in [5.74, 6) is -2.07. The molecule has 3 atom stereocenters. The predicted molar refractivity (Wildman–Crippen MR) is 162 cm³/mol. The van der Waals surface area contributed by atoms with Crippen molar-refractivity contribution >= 4 is 29.5 Å². The molecule has 3 fully saturated rings. The van der Waals surface area contributed by atoms with Crippen molar-refractivity contribution in [1.29, 1.82) is 0 Å². The van der Waals surface area contributed by atoms with Gasteiger partial charge in [-0.15, -0.1) is 0 Å². The Hall–Kier alpha value is -3.43. The maximum absolute atomic E-state index is 14.2. The minimum atomic E-state index is -0.969. The van der Waals surface area contributed by atoms with Gasteiger partial charge in [-0.3, -0.25) is 19.2 Å². The smallest absolute Gasteiger partial charge is 0.315 e. The van der Waals surface area contributed by atoms with Crippen LogP contribution in [0.15, 0.2) is 24.3 Å². The first kappa shape index (κ1) is 31.0. The minimum Gasteiger partial charge on any atom is -0.347 e. The molecule has 3 aliphatic carbocycles. The molecule has 4 aliphatic rings. The molecule has 10 nitrogen and oxygen atoms in total. The predicted octanol–water partition coefficient (Wildman–Crippen LogP) is 2.77. The number of carbonyl (C=O) groups is 5. The van der Waals surface area contributed by atoms with Crippen LogP contribution in [0, 0.1) is 10.8 Å². The lowest BCUT2D eigenvalue weighted by molar-refractivity contribution is -0.168. The Morgan fingerprint density at radius 1 is 0.907 bits per heavy atom. The van der Waals surface area contributed by atoms with Crippen LogP contribution in [0.5, 0.6) is 0 Å². The fraction of sp³-hybridized carbons (Fsp3) is 0.667. The van der Waals surface area contributed by atoms with E-state index in [-0.39, 0.29) is 24.0 Å². The van der Waals surface area contributed by atoms with Gasteiger partial charge in [0.25, 0.3) is 5.91 Å². The number of Topliss-reactive ketones (excluding diaryl/α,β-unsaturated/α-hetero) is 1. The summed E-state index contributed by atoms with van der Waals surface area (Å²) in [5, 5.41) is 11.6. The Labute approximate surface area is 254 Å². The van der Waals surface area contributed by atoms with Gasteiger partial charge in [0.2, 0.25) is 17.6 Å². The van der Waals surface area contributed by atoms with Crippen molar-refractivity contribution in [3.05, 3.63) is 35.4 Å². The van der Waals surface area contributed by atoms with Gasteiger partial charge in [-0.05, 0) is 61.5 Å². The van der Waals surface area contributed by atoms with E-state index in [1.807, 2.05) is 39.8 Å². The first-order valence-corrected chi connectivity index (χ1v) is 16.0. The third-order valence-electron chi connectivity index (χ3n) is 9.54. The van der Waals surface area contributed by atoms with Crippen molar-refractivity contribution in [2.75, 3.05) is 6.54 Å². The molecule has 1 spiro atoms. The molecule has 5 rings (SSSR count). The Kier molecular flexibility index (Phi) is 8.86. The summed E-state index contributed by atoms with van der Waals surface area (Å²) in [6.45, 7) is 7.96. The molecular weight excluding hydrogens is 546 g/mol. The lowest BCUT2D eigenvalue weighted by Crippen LogP contribution is -2.75. The number of likely N-dealkylation sites (tertiary alicyclic amines) is 1. The van der Waals surface area contributed by atoms with Gasteiger partial charge in [0.15, 0.2) is 0 Å². The van der Waals surface area contributed by atoms with Gasteiger partial charge >= 0.3 is 6.03 Å². The number of rotatable bonds is 10. The monoisotopic (exact) mass is 593 g/mol. The molecule has 43 heavy (non-hydrogen) atoms. The second kappa shape index (κ2) is 12.3. The van der Waals surface area contributed by atoms with E-state index in [9.17, 15) is 24.0 Å². The van der Waals surface area contributed by atoms with Gasteiger partial charge in [-0.2, -0.15) is 0 Å². The highest BCUT2D eigenvalue weighted by Crippen LogP contribution is 2.49. The van der Waals surface area contributed by atoms with Gasteiger partial charge in [0.05, 0.1) is 6.04 Å². The van der Waals surface area contributed by atoms with Crippen LogP contribution >= 0.6 is 0 Å². The number of ketones is 1. The molecule has 4 N–H and O–H groups in total. The number of amides is 5. The first-order valence-electron chi connectivity index (χ1n) is 16.0. The summed E-state index contributed by atoms with van der Waals surface area (Å²) in [4.78, 5) is 68.7. The highest BCUT2D eigenvalue weighted by atomic mass is 16.2. The molecular formula is C33H47N5O5. The molecule has 234 valence electrons. The zero-order valence-corrected chi connectivity index (χ0v) is 26.0. The number of benzene rings is 1. The van der Waals surface area contributed by atoms with Crippen molar-refractivity contribution in [3.63, 3.8) is 0 Å². The van der Waals surface area contributed by atoms with E-state index in [0.717, 1.165) is 49.7 Å². The number of hydrogen-bond acceptors (Lipinski definition) is 5. The summed E-state index contributed by atoms with van der Waals surface area (Å²) < 4.78 is 0. The molecule has 1 aromatic carbocycles. The second-order valence-corrected chi connectivity index (χ2v) is 14.2. The average Bonchev–Trinajstić information content (AvgIpc) is 3.43. The third-order valence-corrected chi connectivity index (χ3v) is 9.54. The van der Waals surface area contributed by atoms with Gasteiger partial charge in [-0.25, -0.2) is 4.79 Å². The maximum atomic E-state index is 14.2. The molecule has 2 saturated carbocycles. The summed E-state index contributed by atoms with van der Waals surface area (Å²) in [7, 11) is 0. The van der Waals surface area contributed by atoms with Crippen LogP contribution in [0.25, 0.3) is 0 Å². The number of fused-ring (bicyclic) bond motifs is 1. The van der Waals surface area contributed by atoms with Gasteiger partial charge in [-0.1, -0.05) is 71.2 Å². The van der Waals surface area contributed by atoms with Crippen LogP contribution in [0.1, 0.15) is 90.2 Å². The molecule has 1 saturated heterocycles. The summed E-state index contributed by atoms with van der Waals surface area (Å²) in [6, 6.07) is 5.16. The van der Waals surface area contributed by atoms with Crippen LogP contribution in [0.3, 0.4) is 0 Å². The topological polar surface area (TPSA) is 137 Å². The number of nitrogens with one attached hydrogen (secondary N) is 4.